The lowest BCUT2D eigenvalue weighted by molar-refractivity contribution is 0.163. The average Bonchev–Trinajstić information content (AvgIpc) is 2.38. The molecule has 0 spiro atoms. The summed E-state index contributed by atoms with van der Waals surface area (Å²) >= 11 is 0. The van der Waals surface area contributed by atoms with Crippen molar-refractivity contribution in [3.63, 3.8) is 0 Å². The molecule has 1 aromatic rings. The number of halogens is 1. The van der Waals surface area contributed by atoms with Gasteiger partial charge in [0.25, 0.3) is 10.0 Å². The van der Waals surface area contributed by atoms with Gasteiger partial charge in [-0.05, 0) is 19.2 Å². The molecule has 0 aliphatic carbocycles. The van der Waals surface area contributed by atoms with E-state index in [1.165, 1.54) is 16.6 Å². The standard InChI is InChI=1S/C11H17FN4O2S/c1-15-5-6-16(9(7-13)8-15)19(17,18)11-10(12)3-2-4-14-11/h2-4,9H,5-8,13H2,1H3. The zero-order valence-corrected chi connectivity index (χ0v) is 11.5. The molecule has 0 saturated carbocycles. The Labute approximate surface area is 112 Å². The van der Waals surface area contributed by atoms with Gasteiger partial charge in [0.05, 0.1) is 6.04 Å². The highest BCUT2D eigenvalue weighted by Gasteiger charge is 2.36. The largest absolute Gasteiger partial charge is 0.329 e. The van der Waals surface area contributed by atoms with E-state index in [9.17, 15) is 12.8 Å². The fourth-order valence-corrected chi connectivity index (χ4v) is 3.77. The van der Waals surface area contributed by atoms with E-state index in [1.807, 2.05) is 11.9 Å². The molecular weight excluding hydrogens is 271 g/mol. The third-order valence-electron chi connectivity index (χ3n) is 3.18. The van der Waals surface area contributed by atoms with E-state index in [0.29, 0.717) is 13.1 Å². The second-order valence-electron chi connectivity index (χ2n) is 4.56. The fourth-order valence-electron chi connectivity index (χ4n) is 2.17. The lowest BCUT2D eigenvalue weighted by Gasteiger charge is -2.38. The molecule has 1 unspecified atom stereocenters. The van der Waals surface area contributed by atoms with Crippen molar-refractivity contribution < 1.29 is 12.8 Å². The zero-order valence-electron chi connectivity index (χ0n) is 10.7. The summed E-state index contributed by atoms with van der Waals surface area (Å²) in [4.78, 5) is 5.65. The van der Waals surface area contributed by atoms with E-state index in [0.717, 1.165) is 6.07 Å². The van der Waals surface area contributed by atoms with Gasteiger partial charge in [-0.15, -0.1) is 0 Å². The summed E-state index contributed by atoms with van der Waals surface area (Å²) in [6, 6.07) is 2.09. The molecule has 0 amide bonds. The first-order valence-corrected chi connectivity index (χ1v) is 7.42. The van der Waals surface area contributed by atoms with Gasteiger partial charge in [-0.25, -0.2) is 17.8 Å². The molecule has 1 fully saturated rings. The van der Waals surface area contributed by atoms with E-state index in [-0.39, 0.29) is 19.1 Å². The Hall–Kier alpha value is -1.09. The van der Waals surface area contributed by atoms with Crippen LogP contribution in [0.25, 0.3) is 0 Å². The molecule has 2 rings (SSSR count). The Balaban J connectivity index is 2.36. The summed E-state index contributed by atoms with van der Waals surface area (Å²) in [5.41, 5.74) is 5.62. The van der Waals surface area contributed by atoms with Crippen molar-refractivity contribution in [2.75, 3.05) is 33.2 Å². The number of aromatic nitrogens is 1. The summed E-state index contributed by atoms with van der Waals surface area (Å²) in [6.07, 6.45) is 1.27. The summed E-state index contributed by atoms with van der Waals surface area (Å²) in [5, 5.41) is -0.530. The molecule has 2 N–H and O–H groups in total. The van der Waals surface area contributed by atoms with Crippen LogP contribution in [0.3, 0.4) is 0 Å². The third kappa shape index (κ3) is 2.76. The van der Waals surface area contributed by atoms with Gasteiger partial charge >= 0.3 is 0 Å². The predicted molar refractivity (Wildman–Crippen MR) is 68.4 cm³/mol. The minimum atomic E-state index is -3.94. The highest BCUT2D eigenvalue weighted by atomic mass is 32.2. The van der Waals surface area contributed by atoms with Crippen molar-refractivity contribution in [3.8, 4) is 0 Å². The maximum Gasteiger partial charge on any atom is 0.263 e. The van der Waals surface area contributed by atoms with Crippen LogP contribution < -0.4 is 5.73 Å². The molecule has 6 nitrogen and oxygen atoms in total. The number of rotatable bonds is 3. The second kappa shape index (κ2) is 5.49. The van der Waals surface area contributed by atoms with Crippen LogP contribution in [-0.4, -0.2) is 61.9 Å². The quantitative estimate of drug-likeness (QED) is 0.810. The first kappa shape index (κ1) is 14.3. The normalized spacial score (nSPS) is 22.6. The van der Waals surface area contributed by atoms with Gasteiger partial charge in [0.15, 0.2) is 5.82 Å². The minimum Gasteiger partial charge on any atom is -0.329 e. The van der Waals surface area contributed by atoms with Crippen molar-refractivity contribution in [2.45, 2.75) is 11.1 Å². The number of hydrogen-bond donors (Lipinski definition) is 1. The molecule has 1 atom stereocenters. The van der Waals surface area contributed by atoms with Gasteiger partial charge < -0.3 is 10.6 Å². The van der Waals surface area contributed by atoms with Crippen molar-refractivity contribution in [3.05, 3.63) is 24.1 Å². The monoisotopic (exact) mass is 288 g/mol. The van der Waals surface area contributed by atoms with Crippen LogP contribution in [0, 0.1) is 5.82 Å². The second-order valence-corrected chi connectivity index (χ2v) is 6.36. The SMILES string of the molecule is CN1CCN(S(=O)(=O)c2ncccc2F)C(CN)C1. The van der Waals surface area contributed by atoms with Crippen LogP contribution in [0.2, 0.25) is 0 Å². The number of hydrogen-bond acceptors (Lipinski definition) is 5. The van der Waals surface area contributed by atoms with E-state index < -0.39 is 20.9 Å². The van der Waals surface area contributed by atoms with Gasteiger partial charge in [-0.2, -0.15) is 4.31 Å². The average molecular weight is 288 g/mol. The number of sulfonamides is 1. The smallest absolute Gasteiger partial charge is 0.263 e. The number of likely N-dealkylation sites (N-methyl/N-ethyl adjacent to an activating group) is 1. The Morgan fingerprint density at radius 3 is 2.89 bits per heavy atom. The maximum absolute atomic E-state index is 13.6. The van der Waals surface area contributed by atoms with Gasteiger partial charge in [-0.1, -0.05) is 0 Å². The molecule has 1 saturated heterocycles. The number of nitrogens with zero attached hydrogens (tertiary/aromatic N) is 3. The topological polar surface area (TPSA) is 79.5 Å². The van der Waals surface area contributed by atoms with E-state index in [1.54, 1.807) is 0 Å². The summed E-state index contributed by atoms with van der Waals surface area (Å²) in [7, 11) is -2.04. The van der Waals surface area contributed by atoms with Crippen molar-refractivity contribution >= 4 is 10.0 Å². The molecule has 0 aromatic carbocycles. The molecule has 8 heteroatoms. The van der Waals surface area contributed by atoms with Crippen LogP contribution in [-0.2, 0) is 10.0 Å². The van der Waals surface area contributed by atoms with Crippen LogP contribution in [0.1, 0.15) is 0 Å². The molecular formula is C11H17FN4O2S. The number of nitrogens with two attached hydrogens (primary N) is 1. The van der Waals surface area contributed by atoms with Gasteiger partial charge in [0, 0.05) is 32.4 Å². The number of piperazine rings is 1. The fraction of sp³-hybridized carbons (Fsp3) is 0.545. The molecule has 1 aromatic heterocycles. The number of pyridine rings is 1. The predicted octanol–water partition coefficient (Wildman–Crippen LogP) is -0.516. The minimum absolute atomic E-state index is 0.192. The summed E-state index contributed by atoms with van der Waals surface area (Å²) in [5.74, 6) is -0.836. The summed E-state index contributed by atoms with van der Waals surface area (Å²) in [6.45, 7) is 1.60. The van der Waals surface area contributed by atoms with E-state index in [4.69, 9.17) is 5.73 Å². The van der Waals surface area contributed by atoms with E-state index >= 15 is 0 Å². The molecule has 2 heterocycles. The lowest BCUT2D eigenvalue weighted by atomic mass is 10.2. The van der Waals surface area contributed by atoms with E-state index in [2.05, 4.69) is 4.98 Å². The third-order valence-corrected chi connectivity index (χ3v) is 5.07. The van der Waals surface area contributed by atoms with Crippen LogP contribution in [0.15, 0.2) is 23.4 Å². The molecule has 106 valence electrons. The Bertz CT molecular complexity index is 551. The maximum atomic E-state index is 13.6. The van der Waals surface area contributed by atoms with Crippen LogP contribution >= 0.6 is 0 Å². The molecule has 1 aliphatic rings. The van der Waals surface area contributed by atoms with Gasteiger partial charge in [-0.3, -0.25) is 0 Å². The lowest BCUT2D eigenvalue weighted by Crippen LogP contribution is -2.56. The molecule has 1 aliphatic heterocycles. The van der Waals surface area contributed by atoms with Gasteiger partial charge in [0.2, 0.25) is 5.03 Å². The zero-order chi connectivity index (χ0) is 14.0. The molecule has 0 bridgehead atoms. The Morgan fingerprint density at radius 2 is 2.26 bits per heavy atom. The van der Waals surface area contributed by atoms with Crippen LogP contribution in [0.4, 0.5) is 4.39 Å². The Kier molecular flexibility index (Phi) is 4.14. The van der Waals surface area contributed by atoms with Crippen molar-refractivity contribution in [2.24, 2.45) is 5.73 Å². The van der Waals surface area contributed by atoms with Crippen molar-refractivity contribution in [1.82, 2.24) is 14.2 Å². The first-order chi connectivity index (χ1) is 8.96. The van der Waals surface area contributed by atoms with Crippen LogP contribution in [0.5, 0.6) is 0 Å². The first-order valence-electron chi connectivity index (χ1n) is 5.98. The van der Waals surface area contributed by atoms with Crippen molar-refractivity contribution in [1.29, 1.82) is 0 Å². The highest BCUT2D eigenvalue weighted by Crippen LogP contribution is 2.21. The molecule has 0 radical (unpaired) electrons. The summed E-state index contributed by atoms with van der Waals surface area (Å²) < 4.78 is 39.8. The Morgan fingerprint density at radius 1 is 1.53 bits per heavy atom. The highest BCUT2D eigenvalue weighted by molar-refractivity contribution is 7.89. The molecule has 19 heavy (non-hydrogen) atoms. The van der Waals surface area contributed by atoms with Gasteiger partial charge in [0.1, 0.15) is 0 Å².